The summed E-state index contributed by atoms with van der Waals surface area (Å²) >= 11 is 0. The molecule has 4 N–H and O–H groups in total. The molecule has 1 heterocycles. The standard InChI is InChI=1S/C7H6N2.3C2H4O2/c1-2-4-7-6(3-1)8-5-9-7;3*1-2(3)4/h1-5H,(H,8,9);3*1H3,(H,3,4). The van der Waals surface area contributed by atoms with Gasteiger partial charge in [-0.1, -0.05) is 12.1 Å². The minimum atomic E-state index is -0.833. The van der Waals surface area contributed by atoms with E-state index in [0.717, 1.165) is 31.8 Å². The molecule has 2 rings (SSSR count). The van der Waals surface area contributed by atoms with E-state index in [9.17, 15) is 0 Å². The molecule has 8 heteroatoms. The molecule has 0 unspecified atom stereocenters. The number of rotatable bonds is 0. The molecule has 2 aromatic rings. The largest absolute Gasteiger partial charge is 0.481 e. The van der Waals surface area contributed by atoms with Crippen LogP contribution in [-0.4, -0.2) is 43.2 Å². The number of nitrogens with one attached hydrogen (secondary N) is 1. The number of aromatic nitrogens is 2. The second-order valence-electron chi connectivity index (χ2n) is 3.48. The lowest BCUT2D eigenvalue weighted by Gasteiger charge is -1.81. The van der Waals surface area contributed by atoms with E-state index in [-0.39, 0.29) is 0 Å². The highest BCUT2D eigenvalue weighted by atomic mass is 16.4. The summed E-state index contributed by atoms with van der Waals surface area (Å²) in [6.07, 6.45) is 1.70. The topological polar surface area (TPSA) is 141 Å². The lowest BCUT2D eigenvalue weighted by atomic mass is 10.3. The molecular weight excluding hydrogens is 280 g/mol. The van der Waals surface area contributed by atoms with E-state index in [1.807, 2.05) is 24.3 Å². The third-order valence-corrected chi connectivity index (χ3v) is 1.33. The Kier molecular flexibility index (Phi) is 11.8. The average Bonchev–Trinajstić information content (AvgIpc) is 2.74. The molecule has 0 bridgehead atoms. The number of imidazole rings is 1. The molecule has 0 spiro atoms. The number of fused-ring (bicyclic) bond motifs is 1. The molecule has 1 aromatic heterocycles. The number of hydrogen-bond donors (Lipinski definition) is 4. The van der Waals surface area contributed by atoms with Crippen LogP contribution < -0.4 is 0 Å². The van der Waals surface area contributed by atoms with Gasteiger partial charge in [0.2, 0.25) is 0 Å². The summed E-state index contributed by atoms with van der Waals surface area (Å²) in [6.45, 7) is 3.25. The summed E-state index contributed by atoms with van der Waals surface area (Å²) in [5.41, 5.74) is 2.12. The first-order valence-electron chi connectivity index (χ1n) is 5.63. The van der Waals surface area contributed by atoms with Crippen LogP contribution in [0, 0.1) is 0 Å². The quantitative estimate of drug-likeness (QED) is 0.581. The van der Waals surface area contributed by atoms with Gasteiger partial charge in [0.25, 0.3) is 17.9 Å². The Morgan fingerprint density at radius 3 is 1.67 bits per heavy atom. The summed E-state index contributed by atoms with van der Waals surface area (Å²) in [6, 6.07) is 7.94. The van der Waals surface area contributed by atoms with Crippen molar-refractivity contribution in [3.63, 3.8) is 0 Å². The van der Waals surface area contributed by atoms with Crippen molar-refractivity contribution in [3.8, 4) is 0 Å². The SMILES string of the molecule is CC(=O)O.CC(=O)O.CC(=O)O.c1ccc2[nH]cnc2c1. The molecule has 0 aliphatic carbocycles. The first kappa shape index (κ1) is 20.4. The van der Waals surface area contributed by atoms with E-state index in [1.54, 1.807) is 6.33 Å². The highest BCUT2D eigenvalue weighted by Crippen LogP contribution is 2.05. The van der Waals surface area contributed by atoms with Crippen LogP contribution in [0.15, 0.2) is 30.6 Å². The Hall–Kier alpha value is -2.90. The van der Waals surface area contributed by atoms with Crippen LogP contribution in [0.1, 0.15) is 20.8 Å². The number of benzene rings is 1. The van der Waals surface area contributed by atoms with Gasteiger partial charge in [0, 0.05) is 20.8 Å². The summed E-state index contributed by atoms with van der Waals surface area (Å²) in [4.78, 5) is 34.1. The van der Waals surface area contributed by atoms with Crippen LogP contribution in [-0.2, 0) is 14.4 Å². The monoisotopic (exact) mass is 298 g/mol. The van der Waals surface area contributed by atoms with Gasteiger partial charge in [-0.15, -0.1) is 0 Å². The van der Waals surface area contributed by atoms with Crippen LogP contribution in [0.4, 0.5) is 0 Å². The van der Waals surface area contributed by atoms with Crippen LogP contribution in [0.2, 0.25) is 0 Å². The lowest BCUT2D eigenvalue weighted by Crippen LogP contribution is -1.78. The van der Waals surface area contributed by atoms with Crippen molar-refractivity contribution in [1.29, 1.82) is 0 Å². The second kappa shape index (κ2) is 12.2. The van der Waals surface area contributed by atoms with Gasteiger partial charge in [0.05, 0.1) is 17.4 Å². The fourth-order valence-corrected chi connectivity index (χ4v) is 0.880. The van der Waals surface area contributed by atoms with Crippen molar-refractivity contribution in [2.24, 2.45) is 0 Å². The number of carboxylic acids is 3. The second-order valence-corrected chi connectivity index (χ2v) is 3.48. The fraction of sp³-hybridized carbons (Fsp3) is 0.231. The molecule has 8 nitrogen and oxygen atoms in total. The first-order valence-corrected chi connectivity index (χ1v) is 5.63. The zero-order chi connectivity index (χ0) is 16.8. The number of carbonyl (C=O) groups is 3. The van der Waals surface area contributed by atoms with Gasteiger partial charge in [0.15, 0.2) is 0 Å². The van der Waals surface area contributed by atoms with E-state index in [1.165, 1.54) is 0 Å². The molecule has 0 fully saturated rings. The van der Waals surface area contributed by atoms with Gasteiger partial charge < -0.3 is 20.3 Å². The number of aliphatic carboxylic acids is 3. The molecule has 0 saturated heterocycles. The summed E-state index contributed by atoms with van der Waals surface area (Å²) < 4.78 is 0. The zero-order valence-electron chi connectivity index (χ0n) is 11.9. The Morgan fingerprint density at radius 1 is 0.905 bits per heavy atom. The van der Waals surface area contributed by atoms with Crippen molar-refractivity contribution in [3.05, 3.63) is 30.6 Å². The molecule has 116 valence electrons. The number of hydrogen-bond acceptors (Lipinski definition) is 4. The van der Waals surface area contributed by atoms with E-state index >= 15 is 0 Å². The van der Waals surface area contributed by atoms with Gasteiger partial charge in [-0.2, -0.15) is 0 Å². The normalized spacial score (nSPS) is 7.95. The summed E-state index contributed by atoms with van der Waals surface area (Å²) in [5.74, 6) is -2.50. The van der Waals surface area contributed by atoms with Gasteiger partial charge in [-0.25, -0.2) is 4.98 Å². The fourth-order valence-electron chi connectivity index (χ4n) is 0.880. The number of nitrogens with zero attached hydrogens (tertiary/aromatic N) is 1. The molecule has 0 atom stereocenters. The van der Waals surface area contributed by atoms with Gasteiger partial charge in [0.1, 0.15) is 0 Å². The highest BCUT2D eigenvalue weighted by Gasteiger charge is 1.88. The van der Waals surface area contributed by atoms with E-state index in [2.05, 4.69) is 9.97 Å². The third kappa shape index (κ3) is 19.6. The number of aromatic amines is 1. The molecule has 0 aliphatic heterocycles. The van der Waals surface area contributed by atoms with Crippen molar-refractivity contribution in [2.75, 3.05) is 0 Å². The molecule has 0 amide bonds. The Balaban J connectivity index is 0. The molecular formula is C13H18N2O6. The Labute approximate surface area is 121 Å². The van der Waals surface area contributed by atoms with Gasteiger partial charge >= 0.3 is 0 Å². The van der Waals surface area contributed by atoms with Crippen molar-refractivity contribution >= 4 is 28.9 Å². The Bertz CT molecular complexity index is 494. The summed E-state index contributed by atoms with van der Waals surface area (Å²) in [7, 11) is 0. The zero-order valence-corrected chi connectivity index (χ0v) is 11.9. The minimum absolute atomic E-state index is 0.833. The average molecular weight is 298 g/mol. The Morgan fingerprint density at radius 2 is 1.29 bits per heavy atom. The van der Waals surface area contributed by atoms with E-state index < -0.39 is 17.9 Å². The highest BCUT2D eigenvalue weighted by molar-refractivity contribution is 5.73. The van der Waals surface area contributed by atoms with Crippen molar-refractivity contribution in [1.82, 2.24) is 9.97 Å². The maximum atomic E-state index is 9.00. The molecule has 0 saturated carbocycles. The van der Waals surface area contributed by atoms with Crippen molar-refractivity contribution < 1.29 is 29.7 Å². The van der Waals surface area contributed by atoms with Crippen LogP contribution >= 0.6 is 0 Å². The van der Waals surface area contributed by atoms with Crippen molar-refractivity contribution in [2.45, 2.75) is 20.8 Å². The third-order valence-electron chi connectivity index (χ3n) is 1.33. The molecule has 21 heavy (non-hydrogen) atoms. The van der Waals surface area contributed by atoms with Crippen LogP contribution in [0.25, 0.3) is 11.0 Å². The predicted molar refractivity (Wildman–Crippen MR) is 76.0 cm³/mol. The predicted octanol–water partition coefficient (Wildman–Crippen LogP) is 1.84. The lowest BCUT2D eigenvalue weighted by molar-refractivity contribution is -0.135. The molecule has 0 radical (unpaired) electrons. The number of carboxylic acid groups (broad SMARTS) is 3. The number of para-hydroxylation sites is 2. The maximum absolute atomic E-state index is 9.00. The maximum Gasteiger partial charge on any atom is 0.300 e. The van der Waals surface area contributed by atoms with Crippen LogP contribution in [0.5, 0.6) is 0 Å². The van der Waals surface area contributed by atoms with Crippen LogP contribution in [0.3, 0.4) is 0 Å². The molecule has 0 aliphatic rings. The first-order chi connectivity index (χ1) is 9.66. The van der Waals surface area contributed by atoms with E-state index in [0.29, 0.717) is 0 Å². The van der Waals surface area contributed by atoms with Gasteiger partial charge in [-0.05, 0) is 12.1 Å². The van der Waals surface area contributed by atoms with Gasteiger partial charge in [-0.3, -0.25) is 14.4 Å². The number of H-pyrrole nitrogens is 1. The smallest absolute Gasteiger partial charge is 0.300 e. The van der Waals surface area contributed by atoms with E-state index in [4.69, 9.17) is 29.7 Å². The minimum Gasteiger partial charge on any atom is -0.481 e. The summed E-state index contributed by atoms with van der Waals surface area (Å²) in [5, 5.41) is 22.2. The molecule has 1 aromatic carbocycles.